The van der Waals surface area contributed by atoms with Gasteiger partial charge in [-0.1, -0.05) is 0 Å². The molecule has 0 spiro atoms. The third-order valence-corrected chi connectivity index (χ3v) is 2.46. The number of hydrogen-bond donors (Lipinski definition) is 1. The molecule has 0 aliphatic rings. The summed E-state index contributed by atoms with van der Waals surface area (Å²) in [5.41, 5.74) is 1.11. The lowest BCUT2D eigenvalue weighted by Gasteiger charge is -2.08. The van der Waals surface area contributed by atoms with Gasteiger partial charge in [-0.15, -0.1) is 0 Å². The molecule has 0 atom stereocenters. The zero-order chi connectivity index (χ0) is 14.4. The molecule has 0 saturated carbocycles. The number of ether oxygens (including phenoxy) is 1. The minimum Gasteiger partial charge on any atom is -0.378 e. The Morgan fingerprint density at radius 2 is 2.16 bits per heavy atom. The van der Waals surface area contributed by atoms with Crippen molar-refractivity contribution in [2.75, 3.05) is 11.9 Å². The number of nitro groups is 1. The van der Waals surface area contributed by atoms with Crippen molar-refractivity contribution in [2.24, 2.45) is 0 Å². The predicted molar refractivity (Wildman–Crippen MR) is 72.2 cm³/mol. The van der Waals surface area contributed by atoms with Crippen molar-refractivity contribution in [1.82, 2.24) is 0 Å². The number of rotatable bonds is 6. The van der Waals surface area contributed by atoms with E-state index >= 15 is 0 Å². The molecule has 0 aliphatic carbocycles. The van der Waals surface area contributed by atoms with Gasteiger partial charge in [-0.25, -0.2) is 0 Å². The van der Waals surface area contributed by atoms with Crippen LogP contribution in [0, 0.1) is 17.0 Å². The predicted octanol–water partition coefficient (Wildman–Crippen LogP) is 2.66. The second-order valence-corrected chi connectivity index (χ2v) is 4.48. The molecule has 6 nitrogen and oxygen atoms in total. The molecule has 0 unspecified atom stereocenters. The zero-order valence-electron chi connectivity index (χ0n) is 11.3. The number of anilines is 1. The molecule has 6 heteroatoms. The van der Waals surface area contributed by atoms with Crippen molar-refractivity contribution in [2.45, 2.75) is 33.3 Å². The molecule has 0 saturated heterocycles. The number of carbonyl (C=O) groups is 1. The first kappa shape index (κ1) is 15.1. The van der Waals surface area contributed by atoms with Crippen LogP contribution < -0.4 is 5.32 Å². The van der Waals surface area contributed by atoms with Crippen LogP contribution >= 0.6 is 0 Å². The van der Waals surface area contributed by atoms with E-state index in [1.165, 1.54) is 12.1 Å². The van der Waals surface area contributed by atoms with Crippen LogP contribution in [0.1, 0.15) is 25.8 Å². The Morgan fingerprint density at radius 3 is 2.68 bits per heavy atom. The number of nitrogens with zero attached hydrogens (tertiary/aromatic N) is 1. The van der Waals surface area contributed by atoms with Crippen molar-refractivity contribution in [3.8, 4) is 0 Å². The lowest BCUT2D eigenvalue weighted by molar-refractivity contribution is -0.385. The molecule has 0 aromatic heterocycles. The molecule has 1 amide bonds. The molecular formula is C13H18N2O4. The van der Waals surface area contributed by atoms with Crippen molar-refractivity contribution in [3.05, 3.63) is 33.9 Å². The van der Waals surface area contributed by atoms with E-state index in [2.05, 4.69) is 5.32 Å². The molecule has 104 valence electrons. The van der Waals surface area contributed by atoms with Crippen LogP contribution in [0.4, 0.5) is 11.4 Å². The van der Waals surface area contributed by atoms with E-state index in [1.807, 2.05) is 13.8 Å². The molecule has 0 radical (unpaired) electrons. The molecule has 1 aromatic rings. The average molecular weight is 266 g/mol. The van der Waals surface area contributed by atoms with Crippen LogP contribution in [-0.4, -0.2) is 23.5 Å². The molecule has 1 N–H and O–H groups in total. The summed E-state index contributed by atoms with van der Waals surface area (Å²) < 4.78 is 5.27. The van der Waals surface area contributed by atoms with Gasteiger partial charge < -0.3 is 10.1 Å². The van der Waals surface area contributed by atoms with E-state index in [-0.39, 0.29) is 24.1 Å². The number of hydrogen-bond acceptors (Lipinski definition) is 4. The molecule has 19 heavy (non-hydrogen) atoms. The summed E-state index contributed by atoms with van der Waals surface area (Å²) in [4.78, 5) is 21.8. The second kappa shape index (κ2) is 6.84. The fourth-order valence-corrected chi connectivity index (χ4v) is 1.55. The SMILES string of the molecule is Cc1cc(NC(=O)CCOC(C)C)ccc1[N+](=O)[O-]. The summed E-state index contributed by atoms with van der Waals surface area (Å²) >= 11 is 0. The highest BCUT2D eigenvalue weighted by Crippen LogP contribution is 2.21. The Kier molecular flexibility index (Phi) is 5.44. The third kappa shape index (κ3) is 5.05. The van der Waals surface area contributed by atoms with Crippen molar-refractivity contribution >= 4 is 17.3 Å². The summed E-state index contributed by atoms with van der Waals surface area (Å²) in [6.45, 7) is 5.79. The smallest absolute Gasteiger partial charge is 0.272 e. The summed E-state index contributed by atoms with van der Waals surface area (Å²) in [6, 6.07) is 4.49. The zero-order valence-corrected chi connectivity index (χ0v) is 11.3. The van der Waals surface area contributed by atoms with Crippen LogP contribution in [0.25, 0.3) is 0 Å². The Labute approximate surface area is 111 Å². The quantitative estimate of drug-likeness (QED) is 0.634. The first-order valence-corrected chi connectivity index (χ1v) is 6.06. The molecule has 0 aliphatic heterocycles. The molecule has 0 fully saturated rings. The van der Waals surface area contributed by atoms with E-state index < -0.39 is 4.92 Å². The summed E-state index contributed by atoms with van der Waals surface area (Å²) in [5, 5.41) is 13.3. The minimum absolute atomic E-state index is 0.0427. The van der Waals surface area contributed by atoms with Gasteiger partial charge in [0.25, 0.3) is 5.69 Å². The maximum absolute atomic E-state index is 11.6. The molecular weight excluding hydrogens is 248 g/mol. The van der Waals surface area contributed by atoms with Crippen LogP contribution in [0.2, 0.25) is 0 Å². The summed E-state index contributed by atoms with van der Waals surface area (Å²) in [6.07, 6.45) is 0.350. The van der Waals surface area contributed by atoms with E-state index in [0.29, 0.717) is 17.9 Å². The van der Waals surface area contributed by atoms with E-state index in [0.717, 1.165) is 0 Å². The van der Waals surface area contributed by atoms with Gasteiger partial charge in [0.2, 0.25) is 5.91 Å². The number of amides is 1. The monoisotopic (exact) mass is 266 g/mol. The maximum Gasteiger partial charge on any atom is 0.272 e. The Hall–Kier alpha value is -1.95. The van der Waals surface area contributed by atoms with Gasteiger partial charge in [0, 0.05) is 17.3 Å². The third-order valence-electron chi connectivity index (χ3n) is 2.46. The lowest BCUT2D eigenvalue weighted by Crippen LogP contribution is -2.15. The van der Waals surface area contributed by atoms with Gasteiger partial charge in [0.05, 0.1) is 24.1 Å². The van der Waals surface area contributed by atoms with Crippen LogP contribution in [0.3, 0.4) is 0 Å². The van der Waals surface area contributed by atoms with Crippen molar-refractivity contribution in [1.29, 1.82) is 0 Å². The summed E-state index contributed by atoms with van der Waals surface area (Å²) in [5.74, 6) is -0.172. The van der Waals surface area contributed by atoms with Gasteiger partial charge in [-0.05, 0) is 32.9 Å². The molecule has 0 bridgehead atoms. The number of nitro benzene ring substituents is 1. The first-order valence-electron chi connectivity index (χ1n) is 6.06. The van der Waals surface area contributed by atoms with Crippen molar-refractivity contribution < 1.29 is 14.5 Å². The number of aryl methyl sites for hydroxylation is 1. The Bertz CT molecular complexity index is 472. The highest BCUT2D eigenvalue weighted by Gasteiger charge is 2.11. The van der Waals surface area contributed by atoms with E-state index in [9.17, 15) is 14.9 Å². The largest absolute Gasteiger partial charge is 0.378 e. The van der Waals surface area contributed by atoms with Gasteiger partial charge in [-0.3, -0.25) is 14.9 Å². The molecule has 1 rings (SSSR count). The molecule has 0 heterocycles. The average Bonchev–Trinajstić information content (AvgIpc) is 2.27. The van der Waals surface area contributed by atoms with Gasteiger partial charge in [-0.2, -0.15) is 0 Å². The highest BCUT2D eigenvalue weighted by molar-refractivity contribution is 5.91. The second-order valence-electron chi connectivity index (χ2n) is 4.48. The standard InChI is InChI=1S/C13H18N2O4/c1-9(2)19-7-6-13(16)14-11-4-5-12(15(17)18)10(3)8-11/h4-5,8-9H,6-7H2,1-3H3,(H,14,16). The van der Waals surface area contributed by atoms with Gasteiger partial charge >= 0.3 is 0 Å². The van der Waals surface area contributed by atoms with Crippen LogP contribution in [0.5, 0.6) is 0 Å². The first-order chi connectivity index (χ1) is 8.90. The maximum atomic E-state index is 11.6. The number of nitrogens with one attached hydrogen (secondary N) is 1. The van der Waals surface area contributed by atoms with Gasteiger partial charge in [0.15, 0.2) is 0 Å². The number of carbonyl (C=O) groups excluding carboxylic acids is 1. The van der Waals surface area contributed by atoms with Crippen molar-refractivity contribution in [3.63, 3.8) is 0 Å². The van der Waals surface area contributed by atoms with E-state index in [1.54, 1.807) is 13.0 Å². The topological polar surface area (TPSA) is 81.5 Å². The van der Waals surface area contributed by atoms with Gasteiger partial charge in [0.1, 0.15) is 0 Å². The van der Waals surface area contributed by atoms with E-state index in [4.69, 9.17) is 4.74 Å². The van der Waals surface area contributed by atoms with Crippen LogP contribution in [0.15, 0.2) is 18.2 Å². The fourth-order valence-electron chi connectivity index (χ4n) is 1.55. The normalized spacial score (nSPS) is 10.5. The highest BCUT2D eigenvalue weighted by atomic mass is 16.6. The number of benzene rings is 1. The fraction of sp³-hybridized carbons (Fsp3) is 0.462. The molecule has 1 aromatic carbocycles. The lowest BCUT2D eigenvalue weighted by atomic mass is 10.2. The van der Waals surface area contributed by atoms with Crippen LogP contribution in [-0.2, 0) is 9.53 Å². The Balaban J connectivity index is 2.55. The Morgan fingerprint density at radius 1 is 1.47 bits per heavy atom. The minimum atomic E-state index is -0.447. The summed E-state index contributed by atoms with van der Waals surface area (Å²) in [7, 11) is 0.